The van der Waals surface area contributed by atoms with Crippen LogP contribution in [-0.2, 0) is 4.74 Å². The Bertz CT molecular complexity index is 1890. The van der Waals surface area contributed by atoms with Crippen molar-refractivity contribution >= 4 is 28.5 Å². The fraction of sp³-hybridized carbons (Fsp3) is 0.378. The van der Waals surface area contributed by atoms with Crippen LogP contribution in [0.2, 0.25) is 5.15 Å². The van der Waals surface area contributed by atoms with Crippen molar-refractivity contribution in [2.75, 3.05) is 13.1 Å². The molecular weight excluding hydrogens is 596 g/mol. The van der Waals surface area contributed by atoms with Crippen LogP contribution in [0.5, 0.6) is 0 Å². The van der Waals surface area contributed by atoms with Crippen LogP contribution in [-0.4, -0.2) is 49.6 Å². The SMILES string of the molecule is C[C@@H]1CN[C@H](c2ncc(-c3ccc(-c4ccc5cc(-c6nc([C@@H]7C[C@H](C)CN7C(=O)OC(C)(C)C)[nH]c6Cl)ccc5c4)cc3)[nH]2)C1. The fourth-order valence-electron chi connectivity index (χ4n) is 6.74. The van der Waals surface area contributed by atoms with E-state index in [4.69, 9.17) is 21.3 Å². The highest BCUT2D eigenvalue weighted by Gasteiger charge is 2.38. The van der Waals surface area contributed by atoms with Gasteiger partial charge in [0.15, 0.2) is 0 Å². The lowest BCUT2D eigenvalue weighted by Crippen LogP contribution is -2.37. The summed E-state index contributed by atoms with van der Waals surface area (Å²) in [6, 6.07) is 21.5. The topological polar surface area (TPSA) is 98.9 Å². The number of aromatic nitrogens is 4. The number of benzene rings is 3. The van der Waals surface area contributed by atoms with Crippen molar-refractivity contribution in [1.29, 1.82) is 0 Å². The number of carbonyl (C=O) groups is 1. The van der Waals surface area contributed by atoms with Crippen LogP contribution in [0.4, 0.5) is 4.79 Å². The molecule has 2 aliphatic rings. The minimum absolute atomic E-state index is 0.214. The summed E-state index contributed by atoms with van der Waals surface area (Å²) in [5.41, 5.74) is 5.50. The summed E-state index contributed by atoms with van der Waals surface area (Å²) in [5.74, 6) is 2.70. The molecule has 0 aliphatic carbocycles. The average Bonchev–Trinajstić information content (AvgIpc) is 3.82. The molecule has 2 aliphatic heterocycles. The van der Waals surface area contributed by atoms with Crippen molar-refractivity contribution in [3.05, 3.63) is 83.7 Å². The predicted molar refractivity (Wildman–Crippen MR) is 184 cm³/mol. The molecule has 0 spiro atoms. The number of nitrogens with one attached hydrogen (secondary N) is 3. The lowest BCUT2D eigenvalue weighted by atomic mass is 9.98. The predicted octanol–water partition coefficient (Wildman–Crippen LogP) is 8.93. The fourth-order valence-corrected chi connectivity index (χ4v) is 6.99. The second-order valence-corrected chi connectivity index (χ2v) is 14.5. The minimum Gasteiger partial charge on any atom is -0.444 e. The molecule has 3 aromatic carbocycles. The molecule has 9 heteroatoms. The van der Waals surface area contributed by atoms with Gasteiger partial charge in [-0.05, 0) is 91.6 Å². The first-order valence-electron chi connectivity index (χ1n) is 16.2. The second-order valence-electron chi connectivity index (χ2n) is 14.1. The van der Waals surface area contributed by atoms with E-state index >= 15 is 0 Å². The third-order valence-electron chi connectivity index (χ3n) is 9.05. The number of ether oxygens (including phenoxy) is 1. The Kier molecular flexibility index (Phi) is 7.89. The normalized spacial score (nSPS) is 21.7. The van der Waals surface area contributed by atoms with Gasteiger partial charge in [-0.25, -0.2) is 14.8 Å². The van der Waals surface area contributed by atoms with Crippen LogP contribution in [0.15, 0.2) is 66.9 Å². The average molecular weight is 637 g/mol. The smallest absolute Gasteiger partial charge is 0.410 e. The number of aromatic amines is 2. The standard InChI is InChI=1S/C37H41ClN6O2/c1-21-14-29(39-18-21)34-40-19-30(41-34)24-8-6-23(7-9-24)25-10-11-27-17-28(13-12-26(27)16-25)32-33(38)43-35(42-32)31-15-22(2)20-44(31)36(45)46-37(3,4)5/h6-13,16-17,19,21-22,29,31,39H,14-15,18,20H2,1-5H3,(H,40,41)(H,42,43)/t21-,22-,29-,31-/m0/s1. The number of carbonyl (C=O) groups excluding carboxylic acids is 1. The molecule has 2 saturated heterocycles. The molecule has 0 saturated carbocycles. The van der Waals surface area contributed by atoms with E-state index in [0.29, 0.717) is 41.1 Å². The minimum atomic E-state index is -0.566. The molecule has 5 aromatic rings. The van der Waals surface area contributed by atoms with Gasteiger partial charge in [0.05, 0.1) is 24.0 Å². The zero-order valence-corrected chi connectivity index (χ0v) is 27.8. The van der Waals surface area contributed by atoms with E-state index in [1.807, 2.05) is 27.0 Å². The largest absolute Gasteiger partial charge is 0.444 e. The number of hydrogen-bond donors (Lipinski definition) is 3. The number of amides is 1. The molecule has 4 heterocycles. The highest BCUT2D eigenvalue weighted by atomic mass is 35.5. The Balaban J connectivity index is 1.09. The van der Waals surface area contributed by atoms with E-state index in [1.165, 1.54) is 0 Å². The third-order valence-corrected chi connectivity index (χ3v) is 9.32. The molecule has 2 fully saturated rings. The summed E-state index contributed by atoms with van der Waals surface area (Å²) in [6.07, 6.45) is 3.51. The van der Waals surface area contributed by atoms with Gasteiger partial charge in [-0.1, -0.05) is 74.0 Å². The van der Waals surface area contributed by atoms with Crippen LogP contribution < -0.4 is 5.32 Å². The lowest BCUT2D eigenvalue weighted by Gasteiger charge is -2.27. The van der Waals surface area contributed by atoms with Crippen LogP contribution in [0, 0.1) is 11.8 Å². The molecule has 8 nitrogen and oxygen atoms in total. The van der Waals surface area contributed by atoms with Crippen molar-refractivity contribution in [3.8, 4) is 33.6 Å². The van der Waals surface area contributed by atoms with E-state index in [9.17, 15) is 4.79 Å². The molecule has 4 atom stereocenters. The summed E-state index contributed by atoms with van der Waals surface area (Å²) in [6.45, 7) is 11.7. The molecular formula is C37H41ClN6O2. The molecule has 0 radical (unpaired) electrons. The number of nitrogens with zero attached hydrogens (tertiary/aromatic N) is 3. The second kappa shape index (κ2) is 11.9. The molecule has 1 amide bonds. The quantitative estimate of drug-likeness (QED) is 0.179. The number of rotatable bonds is 5. The summed E-state index contributed by atoms with van der Waals surface area (Å²) in [4.78, 5) is 31.1. The molecule has 2 aromatic heterocycles. The summed E-state index contributed by atoms with van der Waals surface area (Å²) < 4.78 is 5.69. The van der Waals surface area contributed by atoms with Crippen LogP contribution >= 0.6 is 11.6 Å². The highest BCUT2D eigenvalue weighted by Crippen LogP contribution is 2.38. The van der Waals surface area contributed by atoms with E-state index in [0.717, 1.165) is 63.9 Å². The first-order valence-corrected chi connectivity index (χ1v) is 16.6. The zero-order valence-electron chi connectivity index (χ0n) is 27.0. The van der Waals surface area contributed by atoms with Gasteiger partial charge in [0.25, 0.3) is 0 Å². The van der Waals surface area contributed by atoms with Gasteiger partial charge in [0, 0.05) is 12.1 Å². The van der Waals surface area contributed by atoms with E-state index < -0.39 is 5.60 Å². The van der Waals surface area contributed by atoms with Crippen LogP contribution in [0.1, 0.15) is 71.2 Å². The van der Waals surface area contributed by atoms with E-state index in [1.54, 1.807) is 4.90 Å². The van der Waals surface area contributed by atoms with Gasteiger partial charge < -0.3 is 20.0 Å². The Morgan fingerprint density at radius 3 is 2.24 bits per heavy atom. The van der Waals surface area contributed by atoms with Gasteiger partial charge >= 0.3 is 6.09 Å². The third kappa shape index (κ3) is 6.16. The van der Waals surface area contributed by atoms with Crippen LogP contribution in [0.3, 0.4) is 0 Å². The van der Waals surface area contributed by atoms with Crippen molar-refractivity contribution < 1.29 is 9.53 Å². The molecule has 46 heavy (non-hydrogen) atoms. The van der Waals surface area contributed by atoms with Gasteiger partial charge in [0.1, 0.15) is 28.1 Å². The molecule has 7 rings (SSSR count). The number of fused-ring (bicyclic) bond motifs is 1. The van der Waals surface area contributed by atoms with Crippen molar-refractivity contribution in [1.82, 2.24) is 30.2 Å². The van der Waals surface area contributed by atoms with Crippen molar-refractivity contribution in [3.63, 3.8) is 0 Å². The molecule has 0 unspecified atom stereocenters. The number of halogens is 1. The zero-order chi connectivity index (χ0) is 32.2. The maximum atomic E-state index is 13.0. The maximum absolute atomic E-state index is 13.0. The first kappa shape index (κ1) is 30.5. The maximum Gasteiger partial charge on any atom is 0.410 e. The summed E-state index contributed by atoms with van der Waals surface area (Å²) in [5, 5.41) is 6.25. The molecule has 238 valence electrons. The Morgan fingerprint density at radius 2 is 1.54 bits per heavy atom. The van der Waals surface area contributed by atoms with Crippen molar-refractivity contribution in [2.24, 2.45) is 11.8 Å². The highest BCUT2D eigenvalue weighted by molar-refractivity contribution is 6.32. The monoisotopic (exact) mass is 636 g/mol. The number of likely N-dealkylation sites (tertiary alicyclic amines) is 1. The van der Waals surface area contributed by atoms with Gasteiger partial charge in [-0.3, -0.25) is 4.90 Å². The number of imidazole rings is 2. The Labute approximate surface area is 274 Å². The first-order chi connectivity index (χ1) is 22.0. The lowest BCUT2D eigenvalue weighted by molar-refractivity contribution is 0.0214. The summed E-state index contributed by atoms with van der Waals surface area (Å²) in [7, 11) is 0. The number of H-pyrrole nitrogens is 2. The van der Waals surface area contributed by atoms with E-state index in [-0.39, 0.29) is 12.1 Å². The number of hydrogen-bond acceptors (Lipinski definition) is 5. The Hall–Kier alpha value is -4.14. The van der Waals surface area contributed by atoms with Crippen LogP contribution in [0.25, 0.3) is 44.4 Å². The molecule has 3 N–H and O–H groups in total. The van der Waals surface area contributed by atoms with Crippen molar-refractivity contribution in [2.45, 2.75) is 65.1 Å². The van der Waals surface area contributed by atoms with Gasteiger partial charge in [-0.2, -0.15) is 0 Å². The Morgan fingerprint density at radius 1 is 0.870 bits per heavy atom. The van der Waals surface area contributed by atoms with E-state index in [2.05, 4.69) is 94.8 Å². The molecule has 0 bridgehead atoms. The summed E-state index contributed by atoms with van der Waals surface area (Å²) >= 11 is 6.72. The van der Waals surface area contributed by atoms with Gasteiger partial charge in [-0.15, -0.1) is 0 Å². The van der Waals surface area contributed by atoms with Gasteiger partial charge in [0.2, 0.25) is 0 Å².